The highest BCUT2D eigenvalue weighted by Crippen LogP contribution is 1.99. The molecule has 0 aliphatic heterocycles. The lowest BCUT2D eigenvalue weighted by atomic mass is 10.3. The van der Waals surface area contributed by atoms with Gasteiger partial charge in [0.15, 0.2) is 6.29 Å². The van der Waals surface area contributed by atoms with Gasteiger partial charge in [0.25, 0.3) is 0 Å². The molecule has 0 spiro atoms. The van der Waals surface area contributed by atoms with Crippen LogP contribution in [-0.4, -0.2) is 28.4 Å². The third-order valence-corrected chi connectivity index (χ3v) is 1.88. The van der Waals surface area contributed by atoms with Gasteiger partial charge in [-0.2, -0.15) is 0 Å². The van der Waals surface area contributed by atoms with Crippen LogP contribution in [0.4, 0.5) is 0 Å². The number of esters is 1. The molecule has 1 aromatic rings. The van der Waals surface area contributed by atoms with Crippen molar-refractivity contribution >= 4 is 12.3 Å². The molecule has 0 aliphatic rings. The second kappa shape index (κ2) is 5.95. The van der Waals surface area contributed by atoms with E-state index in [0.717, 1.165) is 0 Å². The quantitative estimate of drug-likeness (QED) is 0.520. The van der Waals surface area contributed by atoms with Crippen molar-refractivity contribution < 1.29 is 14.3 Å². The predicted octanol–water partition coefficient (Wildman–Crippen LogP) is 1.04. The van der Waals surface area contributed by atoms with Gasteiger partial charge in [-0.15, -0.1) is 0 Å². The van der Waals surface area contributed by atoms with E-state index in [0.29, 0.717) is 38.0 Å². The van der Waals surface area contributed by atoms with Crippen LogP contribution in [-0.2, 0) is 16.1 Å². The topological polar surface area (TPSA) is 61.2 Å². The minimum Gasteiger partial charge on any atom is -0.466 e. The highest BCUT2D eigenvalue weighted by atomic mass is 16.5. The van der Waals surface area contributed by atoms with Crippen molar-refractivity contribution in [2.45, 2.75) is 26.3 Å². The van der Waals surface area contributed by atoms with Gasteiger partial charge >= 0.3 is 5.97 Å². The molecule has 1 rings (SSSR count). The summed E-state index contributed by atoms with van der Waals surface area (Å²) in [6.07, 6.45) is 5.00. The van der Waals surface area contributed by atoms with Crippen LogP contribution >= 0.6 is 0 Å². The maximum atomic E-state index is 11.0. The number of aldehydes is 1. The molecular formula is C10H14N2O3. The molecule has 0 amide bonds. The lowest BCUT2D eigenvalue weighted by Crippen LogP contribution is -2.05. The summed E-state index contributed by atoms with van der Waals surface area (Å²) in [6, 6.07) is 0. The van der Waals surface area contributed by atoms with Crippen molar-refractivity contribution in [2.24, 2.45) is 0 Å². The first-order chi connectivity index (χ1) is 7.26. The summed E-state index contributed by atoms with van der Waals surface area (Å²) in [5, 5.41) is 0. The third kappa shape index (κ3) is 3.93. The standard InChI is InChI=1S/C10H14N2O3/c1-2-15-10(14)4-3-5-12-6-9(7-13)11-8-12/h6-8H,2-5H2,1H3. The third-order valence-electron chi connectivity index (χ3n) is 1.88. The SMILES string of the molecule is CCOC(=O)CCCn1cnc(C=O)c1. The van der Waals surface area contributed by atoms with Crippen LogP contribution in [0.5, 0.6) is 0 Å². The average molecular weight is 210 g/mol. The molecule has 0 bridgehead atoms. The number of aromatic nitrogens is 2. The second-order valence-corrected chi connectivity index (χ2v) is 3.06. The van der Waals surface area contributed by atoms with Crippen LogP contribution in [0.3, 0.4) is 0 Å². The van der Waals surface area contributed by atoms with Crippen LogP contribution in [0, 0.1) is 0 Å². The van der Waals surface area contributed by atoms with E-state index in [2.05, 4.69) is 4.98 Å². The molecule has 1 aromatic heterocycles. The lowest BCUT2D eigenvalue weighted by molar-refractivity contribution is -0.143. The Labute approximate surface area is 88.1 Å². The fraction of sp³-hybridized carbons (Fsp3) is 0.500. The molecule has 15 heavy (non-hydrogen) atoms. The Kier molecular flexibility index (Phi) is 4.53. The predicted molar refractivity (Wildman–Crippen MR) is 53.5 cm³/mol. The minimum absolute atomic E-state index is 0.187. The van der Waals surface area contributed by atoms with Crippen LogP contribution in [0.2, 0.25) is 0 Å². The highest BCUT2D eigenvalue weighted by Gasteiger charge is 2.02. The number of nitrogens with zero attached hydrogens (tertiary/aromatic N) is 2. The molecule has 82 valence electrons. The zero-order chi connectivity index (χ0) is 11.1. The summed E-state index contributed by atoms with van der Waals surface area (Å²) in [5.41, 5.74) is 0.408. The molecule has 0 saturated carbocycles. The smallest absolute Gasteiger partial charge is 0.305 e. The number of rotatable bonds is 6. The van der Waals surface area contributed by atoms with E-state index in [4.69, 9.17) is 4.74 Å². The molecule has 0 atom stereocenters. The van der Waals surface area contributed by atoms with Gasteiger partial charge in [0, 0.05) is 19.2 Å². The number of aryl methyl sites for hydroxylation is 1. The summed E-state index contributed by atoms with van der Waals surface area (Å²) in [7, 11) is 0. The van der Waals surface area contributed by atoms with E-state index in [1.165, 1.54) is 0 Å². The molecular weight excluding hydrogens is 196 g/mol. The van der Waals surface area contributed by atoms with Gasteiger partial charge in [-0.25, -0.2) is 4.98 Å². The summed E-state index contributed by atoms with van der Waals surface area (Å²) in [6.45, 7) is 2.86. The number of imidazole rings is 1. The Morgan fingerprint density at radius 1 is 1.67 bits per heavy atom. The van der Waals surface area contributed by atoms with Crippen molar-refractivity contribution in [3.8, 4) is 0 Å². The lowest BCUT2D eigenvalue weighted by Gasteiger charge is -2.02. The fourth-order valence-corrected chi connectivity index (χ4v) is 1.20. The molecule has 1 heterocycles. The van der Waals surface area contributed by atoms with Gasteiger partial charge in [-0.1, -0.05) is 0 Å². The van der Waals surface area contributed by atoms with Gasteiger partial charge in [0.2, 0.25) is 0 Å². The molecule has 0 aromatic carbocycles. The van der Waals surface area contributed by atoms with Gasteiger partial charge < -0.3 is 9.30 Å². The Bertz CT molecular complexity index is 333. The largest absolute Gasteiger partial charge is 0.466 e. The molecule has 0 saturated heterocycles. The normalized spacial score (nSPS) is 9.93. The number of carbonyl (C=O) groups is 2. The first-order valence-corrected chi connectivity index (χ1v) is 4.89. The van der Waals surface area contributed by atoms with E-state index in [9.17, 15) is 9.59 Å². The monoisotopic (exact) mass is 210 g/mol. The van der Waals surface area contributed by atoms with Crippen molar-refractivity contribution in [3.05, 3.63) is 18.2 Å². The zero-order valence-electron chi connectivity index (χ0n) is 8.68. The molecule has 0 N–H and O–H groups in total. The van der Waals surface area contributed by atoms with Crippen molar-refractivity contribution in [3.63, 3.8) is 0 Å². The Balaban J connectivity index is 2.25. The molecule has 0 radical (unpaired) electrons. The molecule has 0 fully saturated rings. The number of hydrogen-bond acceptors (Lipinski definition) is 4. The first kappa shape index (κ1) is 11.4. The number of ether oxygens (including phenoxy) is 1. The molecule has 5 nitrogen and oxygen atoms in total. The molecule has 0 unspecified atom stereocenters. The summed E-state index contributed by atoms with van der Waals surface area (Å²) in [5.74, 6) is -0.187. The number of carbonyl (C=O) groups excluding carboxylic acids is 2. The Morgan fingerprint density at radius 2 is 2.47 bits per heavy atom. The minimum atomic E-state index is -0.187. The molecule has 0 aliphatic carbocycles. The summed E-state index contributed by atoms with van der Waals surface area (Å²) in [4.78, 5) is 25.2. The van der Waals surface area contributed by atoms with Crippen molar-refractivity contribution in [1.82, 2.24) is 9.55 Å². The maximum absolute atomic E-state index is 11.0. The van der Waals surface area contributed by atoms with Crippen LogP contribution < -0.4 is 0 Å². The Morgan fingerprint density at radius 3 is 3.07 bits per heavy atom. The summed E-state index contributed by atoms with van der Waals surface area (Å²) >= 11 is 0. The van der Waals surface area contributed by atoms with Crippen molar-refractivity contribution in [2.75, 3.05) is 6.61 Å². The maximum Gasteiger partial charge on any atom is 0.305 e. The Hall–Kier alpha value is -1.65. The van der Waals surface area contributed by atoms with Gasteiger partial charge in [-0.3, -0.25) is 9.59 Å². The zero-order valence-corrected chi connectivity index (χ0v) is 8.68. The van der Waals surface area contributed by atoms with Gasteiger partial charge in [0.1, 0.15) is 5.69 Å². The highest BCUT2D eigenvalue weighted by molar-refractivity contribution is 5.71. The first-order valence-electron chi connectivity index (χ1n) is 4.89. The van der Waals surface area contributed by atoms with E-state index in [1.807, 2.05) is 0 Å². The second-order valence-electron chi connectivity index (χ2n) is 3.06. The van der Waals surface area contributed by atoms with Gasteiger partial charge in [-0.05, 0) is 13.3 Å². The van der Waals surface area contributed by atoms with E-state index < -0.39 is 0 Å². The van der Waals surface area contributed by atoms with E-state index in [-0.39, 0.29) is 5.97 Å². The van der Waals surface area contributed by atoms with E-state index >= 15 is 0 Å². The number of hydrogen-bond donors (Lipinski definition) is 0. The average Bonchev–Trinajstić information content (AvgIpc) is 2.66. The van der Waals surface area contributed by atoms with Gasteiger partial charge in [0.05, 0.1) is 12.9 Å². The molecule has 5 heteroatoms. The van der Waals surface area contributed by atoms with Crippen LogP contribution in [0.15, 0.2) is 12.5 Å². The van der Waals surface area contributed by atoms with Crippen LogP contribution in [0.25, 0.3) is 0 Å². The van der Waals surface area contributed by atoms with Crippen molar-refractivity contribution in [1.29, 1.82) is 0 Å². The van der Waals surface area contributed by atoms with E-state index in [1.54, 1.807) is 24.0 Å². The van der Waals surface area contributed by atoms with Crippen LogP contribution in [0.1, 0.15) is 30.3 Å². The summed E-state index contributed by atoms with van der Waals surface area (Å²) < 4.78 is 6.57. The fourth-order valence-electron chi connectivity index (χ4n) is 1.20.